The molecular weight excluding hydrogens is 420 g/mol. The van der Waals surface area contributed by atoms with Gasteiger partial charge in [0.1, 0.15) is 13.2 Å². The molecule has 2 atom stereocenters. The fourth-order valence-electron chi connectivity index (χ4n) is 4.69. The molecule has 0 bridgehead atoms. The van der Waals surface area contributed by atoms with Crippen LogP contribution in [-0.2, 0) is 14.6 Å². The summed E-state index contributed by atoms with van der Waals surface area (Å²) in [6.07, 6.45) is 1.88. The number of fused-ring (bicyclic) bond motifs is 1. The third-order valence-corrected chi connectivity index (χ3v) is 8.49. The summed E-state index contributed by atoms with van der Waals surface area (Å²) in [4.78, 5) is 29.6. The number of benzene rings is 1. The lowest BCUT2D eigenvalue weighted by atomic mass is 9.88. The quantitative estimate of drug-likeness (QED) is 0.626. The second-order valence-corrected chi connectivity index (χ2v) is 10.9. The molecule has 0 aromatic heterocycles. The molecule has 8 nitrogen and oxygen atoms in total. The van der Waals surface area contributed by atoms with Crippen LogP contribution in [0.25, 0.3) is 0 Å². The van der Waals surface area contributed by atoms with Gasteiger partial charge in [-0.2, -0.15) is 0 Å². The number of hydrogen-bond donors (Lipinski definition) is 0. The number of sulfone groups is 1. The minimum absolute atomic E-state index is 0.0497. The van der Waals surface area contributed by atoms with E-state index >= 15 is 0 Å². The Morgan fingerprint density at radius 1 is 1.10 bits per heavy atom. The highest BCUT2D eigenvalue weighted by Crippen LogP contribution is 2.33. The van der Waals surface area contributed by atoms with Crippen LogP contribution in [0.2, 0.25) is 0 Å². The van der Waals surface area contributed by atoms with Crippen molar-refractivity contribution in [3.05, 3.63) is 23.8 Å². The second kappa shape index (κ2) is 8.78. The molecule has 0 saturated carbocycles. The number of likely N-dealkylation sites (tertiary alicyclic amines) is 1. The summed E-state index contributed by atoms with van der Waals surface area (Å²) in [5.74, 6) is 1.45. The summed E-state index contributed by atoms with van der Waals surface area (Å²) in [6, 6.07) is 4.77. The smallest absolute Gasteiger partial charge is 0.239 e. The van der Waals surface area contributed by atoms with Crippen LogP contribution in [-0.4, -0.2) is 86.8 Å². The van der Waals surface area contributed by atoms with Crippen molar-refractivity contribution in [3.8, 4) is 11.5 Å². The third-order valence-electron chi connectivity index (χ3n) is 6.74. The number of piperidine rings is 1. The third kappa shape index (κ3) is 4.72. The van der Waals surface area contributed by atoms with E-state index < -0.39 is 9.84 Å². The Bertz CT molecular complexity index is 955. The molecule has 0 aliphatic carbocycles. The lowest BCUT2D eigenvalue weighted by Crippen LogP contribution is -2.51. The van der Waals surface area contributed by atoms with Gasteiger partial charge in [0.15, 0.2) is 27.1 Å². The van der Waals surface area contributed by atoms with Gasteiger partial charge >= 0.3 is 0 Å². The highest BCUT2D eigenvalue weighted by molar-refractivity contribution is 7.91. The summed E-state index contributed by atoms with van der Waals surface area (Å²) in [6.45, 7) is 4.18. The molecule has 9 heteroatoms. The molecule has 1 aromatic carbocycles. The van der Waals surface area contributed by atoms with E-state index in [1.165, 1.54) is 0 Å². The first-order valence-electron chi connectivity index (χ1n) is 10.9. The Labute approximate surface area is 183 Å². The van der Waals surface area contributed by atoms with Crippen molar-refractivity contribution in [2.75, 3.05) is 44.9 Å². The molecule has 0 spiro atoms. The molecule has 3 aliphatic heterocycles. The van der Waals surface area contributed by atoms with Gasteiger partial charge in [0.05, 0.1) is 17.5 Å². The standard InChI is InChI=1S/C22H30N2O6S/c1-15(22(26)23(2)18-7-12-31(27,28)14-18)24-8-5-16(6-9-24)21(25)17-3-4-19-20(13-17)30-11-10-29-19/h3-4,13,15-16,18H,5-12,14H2,1-2H3/t15-,18-/m0/s1. The first-order chi connectivity index (χ1) is 14.7. The van der Waals surface area contributed by atoms with Gasteiger partial charge in [0.25, 0.3) is 0 Å². The molecule has 0 radical (unpaired) electrons. The highest BCUT2D eigenvalue weighted by atomic mass is 32.2. The van der Waals surface area contributed by atoms with Crippen LogP contribution in [0.5, 0.6) is 11.5 Å². The molecule has 2 fully saturated rings. The maximum atomic E-state index is 13.0. The molecule has 0 N–H and O–H groups in total. The summed E-state index contributed by atoms with van der Waals surface area (Å²) in [5, 5.41) is 0. The van der Waals surface area contributed by atoms with Crippen molar-refractivity contribution < 1.29 is 27.5 Å². The van der Waals surface area contributed by atoms with E-state index in [9.17, 15) is 18.0 Å². The number of hydrogen-bond acceptors (Lipinski definition) is 7. The Balaban J connectivity index is 1.32. The number of carbonyl (C=O) groups is 2. The van der Waals surface area contributed by atoms with Gasteiger partial charge in [-0.05, 0) is 57.5 Å². The Hall–Kier alpha value is -2.13. The number of nitrogens with zero attached hydrogens (tertiary/aromatic N) is 2. The molecule has 3 heterocycles. The molecule has 2 saturated heterocycles. The zero-order valence-electron chi connectivity index (χ0n) is 18.1. The van der Waals surface area contributed by atoms with E-state index in [4.69, 9.17) is 9.47 Å². The number of ether oxygens (including phenoxy) is 2. The van der Waals surface area contributed by atoms with Gasteiger partial charge in [-0.25, -0.2) is 8.42 Å². The van der Waals surface area contributed by atoms with Crippen LogP contribution in [0.1, 0.15) is 36.5 Å². The number of carbonyl (C=O) groups excluding carboxylic acids is 2. The summed E-state index contributed by atoms with van der Waals surface area (Å²) in [5.41, 5.74) is 0.633. The van der Waals surface area contributed by atoms with Gasteiger partial charge < -0.3 is 14.4 Å². The van der Waals surface area contributed by atoms with Crippen molar-refractivity contribution in [1.82, 2.24) is 9.80 Å². The van der Waals surface area contributed by atoms with Gasteiger partial charge in [-0.15, -0.1) is 0 Å². The van der Waals surface area contributed by atoms with E-state index in [1.807, 2.05) is 6.92 Å². The minimum Gasteiger partial charge on any atom is -0.486 e. The minimum atomic E-state index is -3.04. The molecule has 1 amide bonds. The Morgan fingerprint density at radius 2 is 1.77 bits per heavy atom. The summed E-state index contributed by atoms with van der Waals surface area (Å²) < 4.78 is 34.6. The zero-order valence-corrected chi connectivity index (χ0v) is 18.9. The van der Waals surface area contributed by atoms with E-state index in [0.29, 0.717) is 62.6 Å². The van der Waals surface area contributed by atoms with Crippen LogP contribution in [0.15, 0.2) is 18.2 Å². The van der Waals surface area contributed by atoms with Crippen LogP contribution in [0, 0.1) is 5.92 Å². The van der Waals surface area contributed by atoms with Crippen molar-refractivity contribution in [2.24, 2.45) is 5.92 Å². The van der Waals surface area contributed by atoms with Gasteiger partial charge in [0, 0.05) is 24.6 Å². The highest BCUT2D eigenvalue weighted by Gasteiger charge is 2.36. The maximum Gasteiger partial charge on any atom is 0.239 e. The lowest BCUT2D eigenvalue weighted by molar-refractivity contribution is -0.137. The molecular formula is C22H30N2O6S. The largest absolute Gasteiger partial charge is 0.486 e. The van der Waals surface area contributed by atoms with Gasteiger partial charge in [-0.1, -0.05) is 0 Å². The van der Waals surface area contributed by atoms with Crippen molar-refractivity contribution in [3.63, 3.8) is 0 Å². The van der Waals surface area contributed by atoms with Crippen LogP contribution < -0.4 is 9.47 Å². The average Bonchev–Trinajstić information content (AvgIpc) is 3.16. The number of Topliss-reactive ketones (excluding diaryl/α,β-unsaturated/α-hetero) is 1. The first kappa shape index (κ1) is 22.1. The maximum absolute atomic E-state index is 13.0. The van der Waals surface area contributed by atoms with Crippen LogP contribution in [0.4, 0.5) is 0 Å². The average molecular weight is 451 g/mol. The van der Waals surface area contributed by atoms with Crippen molar-refractivity contribution in [2.45, 2.75) is 38.3 Å². The van der Waals surface area contributed by atoms with Crippen molar-refractivity contribution in [1.29, 1.82) is 0 Å². The molecule has 1 aromatic rings. The van der Waals surface area contributed by atoms with Crippen LogP contribution >= 0.6 is 0 Å². The van der Waals surface area contributed by atoms with E-state index in [1.54, 1.807) is 30.1 Å². The van der Waals surface area contributed by atoms with E-state index in [0.717, 1.165) is 0 Å². The number of likely N-dealkylation sites (N-methyl/N-ethyl adjacent to an activating group) is 1. The fourth-order valence-corrected chi connectivity index (χ4v) is 6.47. The van der Waals surface area contributed by atoms with E-state index in [-0.39, 0.29) is 41.2 Å². The second-order valence-electron chi connectivity index (χ2n) is 8.71. The number of amides is 1. The van der Waals surface area contributed by atoms with Crippen LogP contribution in [0.3, 0.4) is 0 Å². The predicted octanol–water partition coefficient (Wildman–Crippen LogP) is 1.39. The Kier molecular flexibility index (Phi) is 6.25. The molecule has 0 unspecified atom stereocenters. The van der Waals surface area contributed by atoms with Crippen molar-refractivity contribution >= 4 is 21.5 Å². The monoisotopic (exact) mass is 450 g/mol. The lowest BCUT2D eigenvalue weighted by Gasteiger charge is -2.37. The number of ketones is 1. The summed E-state index contributed by atoms with van der Waals surface area (Å²) >= 11 is 0. The van der Waals surface area contributed by atoms with E-state index in [2.05, 4.69) is 4.90 Å². The molecule has 4 rings (SSSR count). The molecule has 31 heavy (non-hydrogen) atoms. The Morgan fingerprint density at radius 3 is 2.42 bits per heavy atom. The van der Waals surface area contributed by atoms with Gasteiger partial charge in [0.2, 0.25) is 5.91 Å². The topological polar surface area (TPSA) is 93.2 Å². The zero-order chi connectivity index (χ0) is 22.2. The normalized spacial score (nSPS) is 24.5. The molecule has 3 aliphatic rings. The molecule has 170 valence electrons. The van der Waals surface area contributed by atoms with Gasteiger partial charge in [-0.3, -0.25) is 14.5 Å². The first-order valence-corrected chi connectivity index (χ1v) is 12.7. The summed E-state index contributed by atoms with van der Waals surface area (Å²) in [7, 11) is -1.34. The predicted molar refractivity (Wildman–Crippen MR) is 115 cm³/mol. The fraction of sp³-hybridized carbons (Fsp3) is 0.636. The number of rotatable bonds is 5. The SMILES string of the molecule is C[C@@H](C(=O)N(C)[C@H]1CCS(=O)(=O)C1)N1CCC(C(=O)c2ccc3c(c2)OCCO3)CC1.